The molecule has 118 valence electrons. The number of hydrogen-bond donors (Lipinski definition) is 1. The molecule has 0 radical (unpaired) electrons. The fraction of sp³-hybridized carbons (Fsp3) is 0.0526. The first-order chi connectivity index (χ1) is 11.6. The molecule has 0 bridgehead atoms. The van der Waals surface area contributed by atoms with Gasteiger partial charge in [-0.05, 0) is 19.1 Å². The lowest BCUT2D eigenvalue weighted by Gasteiger charge is -2.06. The van der Waals surface area contributed by atoms with Gasteiger partial charge in [0.15, 0.2) is 5.78 Å². The lowest BCUT2D eigenvalue weighted by atomic mass is 10.1. The van der Waals surface area contributed by atoms with Crippen molar-refractivity contribution in [2.24, 2.45) is 0 Å². The molecular formula is C19H15N3O2. The summed E-state index contributed by atoms with van der Waals surface area (Å²) >= 11 is 0. The van der Waals surface area contributed by atoms with Crippen LogP contribution in [0.25, 0.3) is 11.3 Å². The van der Waals surface area contributed by atoms with E-state index in [4.69, 9.17) is 0 Å². The molecule has 0 saturated carbocycles. The van der Waals surface area contributed by atoms with Crippen molar-refractivity contribution in [3.63, 3.8) is 0 Å². The van der Waals surface area contributed by atoms with E-state index in [2.05, 4.69) is 15.3 Å². The maximum absolute atomic E-state index is 12.3. The van der Waals surface area contributed by atoms with E-state index < -0.39 is 0 Å². The molecule has 0 spiro atoms. The first kappa shape index (κ1) is 15.6. The lowest BCUT2D eigenvalue weighted by Crippen LogP contribution is -2.14. The van der Waals surface area contributed by atoms with Crippen molar-refractivity contribution in [1.82, 2.24) is 9.97 Å². The molecule has 5 heteroatoms. The standard InChI is InChI=1S/C19H15N3O2/c1-13(23)14-7-9-15(10-8-14)17-11-20-12-18(22-17)19(24)21-16-5-3-2-4-6-16/h2-12H,1H3,(H,21,24). The van der Waals surface area contributed by atoms with Gasteiger partial charge in [-0.3, -0.25) is 14.6 Å². The maximum atomic E-state index is 12.3. The summed E-state index contributed by atoms with van der Waals surface area (Å²) in [5, 5.41) is 2.77. The van der Waals surface area contributed by atoms with Crippen LogP contribution in [-0.2, 0) is 0 Å². The summed E-state index contributed by atoms with van der Waals surface area (Å²) in [5.41, 5.74) is 2.92. The predicted octanol–water partition coefficient (Wildman–Crippen LogP) is 3.60. The van der Waals surface area contributed by atoms with Gasteiger partial charge in [-0.1, -0.05) is 42.5 Å². The summed E-state index contributed by atoms with van der Waals surface area (Å²) in [5.74, 6) is -0.320. The second kappa shape index (κ2) is 6.83. The van der Waals surface area contributed by atoms with Gasteiger partial charge in [0.05, 0.1) is 18.1 Å². The highest BCUT2D eigenvalue weighted by molar-refractivity contribution is 6.02. The van der Waals surface area contributed by atoms with E-state index in [9.17, 15) is 9.59 Å². The molecular weight excluding hydrogens is 302 g/mol. The highest BCUT2D eigenvalue weighted by Crippen LogP contribution is 2.18. The Morgan fingerprint density at radius 3 is 2.29 bits per heavy atom. The van der Waals surface area contributed by atoms with E-state index >= 15 is 0 Å². The average Bonchev–Trinajstić information content (AvgIpc) is 2.63. The number of Topliss-reactive ketones (excluding diaryl/α,β-unsaturated/α-hetero) is 1. The highest BCUT2D eigenvalue weighted by atomic mass is 16.2. The zero-order valence-electron chi connectivity index (χ0n) is 13.1. The SMILES string of the molecule is CC(=O)c1ccc(-c2cncc(C(=O)Nc3ccccc3)n2)cc1. The molecule has 1 amide bonds. The minimum absolute atomic E-state index is 0.00336. The van der Waals surface area contributed by atoms with Crippen LogP contribution in [-0.4, -0.2) is 21.7 Å². The summed E-state index contributed by atoms with van der Waals surface area (Å²) in [6, 6.07) is 16.2. The summed E-state index contributed by atoms with van der Waals surface area (Å²) in [6.45, 7) is 1.52. The molecule has 0 saturated heterocycles. The van der Waals surface area contributed by atoms with E-state index in [0.717, 1.165) is 5.56 Å². The Labute approximate surface area is 139 Å². The number of benzene rings is 2. The summed E-state index contributed by atoms with van der Waals surface area (Å²) in [4.78, 5) is 32.1. The molecule has 0 atom stereocenters. The Morgan fingerprint density at radius 1 is 0.917 bits per heavy atom. The van der Waals surface area contributed by atoms with Gasteiger partial charge in [0, 0.05) is 16.8 Å². The number of anilines is 1. The summed E-state index contributed by atoms with van der Waals surface area (Å²) < 4.78 is 0. The van der Waals surface area contributed by atoms with E-state index in [-0.39, 0.29) is 17.4 Å². The largest absolute Gasteiger partial charge is 0.321 e. The second-order valence-corrected chi connectivity index (χ2v) is 5.24. The van der Waals surface area contributed by atoms with Gasteiger partial charge in [-0.15, -0.1) is 0 Å². The molecule has 1 aromatic heterocycles. The first-order valence-corrected chi connectivity index (χ1v) is 7.43. The summed E-state index contributed by atoms with van der Waals surface area (Å²) in [6.07, 6.45) is 3.01. The van der Waals surface area contributed by atoms with Crippen LogP contribution in [0.1, 0.15) is 27.8 Å². The molecule has 0 aliphatic rings. The molecule has 3 rings (SSSR count). The van der Waals surface area contributed by atoms with Crippen LogP contribution in [0.15, 0.2) is 67.0 Å². The molecule has 0 aliphatic heterocycles. The van der Waals surface area contributed by atoms with Crippen LogP contribution >= 0.6 is 0 Å². The first-order valence-electron chi connectivity index (χ1n) is 7.43. The normalized spacial score (nSPS) is 10.2. The van der Waals surface area contributed by atoms with Gasteiger partial charge in [0.1, 0.15) is 5.69 Å². The highest BCUT2D eigenvalue weighted by Gasteiger charge is 2.10. The Bertz CT molecular complexity index is 875. The fourth-order valence-corrected chi connectivity index (χ4v) is 2.21. The van der Waals surface area contributed by atoms with Gasteiger partial charge >= 0.3 is 0 Å². The van der Waals surface area contributed by atoms with E-state index in [0.29, 0.717) is 16.9 Å². The zero-order chi connectivity index (χ0) is 16.9. The van der Waals surface area contributed by atoms with Crippen LogP contribution in [0.5, 0.6) is 0 Å². The molecule has 1 N–H and O–H groups in total. The maximum Gasteiger partial charge on any atom is 0.275 e. The van der Waals surface area contributed by atoms with Gasteiger partial charge in [0.2, 0.25) is 0 Å². The van der Waals surface area contributed by atoms with Crippen LogP contribution in [0, 0.1) is 0 Å². The molecule has 3 aromatic rings. The van der Waals surface area contributed by atoms with Gasteiger partial charge in [-0.25, -0.2) is 4.98 Å². The lowest BCUT2D eigenvalue weighted by molar-refractivity contribution is 0.101. The number of hydrogen-bond acceptors (Lipinski definition) is 4. The van der Waals surface area contributed by atoms with E-state index in [1.165, 1.54) is 13.1 Å². The van der Waals surface area contributed by atoms with Crippen LogP contribution in [0.4, 0.5) is 5.69 Å². The Kier molecular flexibility index (Phi) is 4.43. The number of carbonyl (C=O) groups excluding carboxylic acids is 2. The molecule has 0 unspecified atom stereocenters. The molecule has 1 heterocycles. The minimum atomic E-state index is -0.323. The minimum Gasteiger partial charge on any atom is -0.321 e. The van der Waals surface area contributed by atoms with Crippen molar-refractivity contribution in [2.45, 2.75) is 6.92 Å². The number of ketones is 1. The van der Waals surface area contributed by atoms with Gasteiger partial charge in [-0.2, -0.15) is 0 Å². The van der Waals surface area contributed by atoms with E-state index in [1.54, 1.807) is 42.6 Å². The van der Waals surface area contributed by atoms with Gasteiger partial charge in [0.25, 0.3) is 5.91 Å². The molecule has 5 nitrogen and oxygen atoms in total. The number of carbonyl (C=O) groups is 2. The molecule has 24 heavy (non-hydrogen) atoms. The van der Waals surface area contributed by atoms with Crippen molar-refractivity contribution in [3.8, 4) is 11.3 Å². The van der Waals surface area contributed by atoms with Crippen molar-refractivity contribution >= 4 is 17.4 Å². The number of nitrogens with one attached hydrogen (secondary N) is 1. The monoisotopic (exact) mass is 317 g/mol. The smallest absolute Gasteiger partial charge is 0.275 e. The fourth-order valence-electron chi connectivity index (χ4n) is 2.21. The average molecular weight is 317 g/mol. The third-order valence-corrected chi connectivity index (χ3v) is 3.49. The third-order valence-electron chi connectivity index (χ3n) is 3.49. The zero-order valence-corrected chi connectivity index (χ0v) is 13.1. The van der Waals surface area contributed by atoms with E-state index in [1.807, 2.05) is 18.2 Å². The molecule has 2 aromatic carbocycles. The number of para-hydroxylation sites is 1. The number of nitrogens with zero attached hydrogens (tertiary/aromatic N) is 2. The number of rotatable bonds is 4. The Hall–Kier alpha value is -3.34. The van der Waals surface area contributed by atoms with Crippen molar-refractivity contribution in [2.75, 3.05) is 5.32 Å². The van der Waals surface area contributed by atoms with Gasteiger partial charge < -0.3 is 5.32 Å². The number of amides is 1. The van der Waals surface area contributed by atoms with Crippen molar-refractivity contribution < 1.29 is 9.59 Å². The van der Waals surface area contributed by atoms with Crippen LogP contribution < -0.4 is 5.32 Å². The molecule has 0 aliphatic carbocycles. The third kappa shape index (κ3) is 3.52. The molecule has 0 fully saturated rings. The summed E-state index contributed by atoms with van der Waals surface area (Å²) in [7, 11) is 0. The van der Waals surface area contributed by atoms with Crippen molar-refractivity contribution in [3.05, 3.63) is 78.2 Å². The topological polar surface area (TPSA) is 72.0 Å². The second-order valence-electron chi connectivity index (χ2n) is 5.24. The number of aromatic nitrogens is 2. The Morgan fingerprint density at radius 2 is 1.62 bits per heavy atom. The van der Waals surface area contributed by atoms with Crippen LogP contribution in [0.2, 0.25) is 0 Å². The van der Waals surface area contributed by atoms with Crippen LogP contribution in [0.3, 0.4) is 0 Å². The van der Waals surface area contributed by atoms with Crippen molar-refractivity contribution in [1.29, 1.82) is 0 Å². The predicted molar refractivity (Wildman–Crippen MR) is 91.9 cm³/mol. The quantitative estimate of drug-likeness (QED) is 0.746. The Balaban J connectivity index is 1.83.